The second-order valence-corrected chi connectivity index (χ2v) is 4.44. The van der Waals surface area contributed by atoms with Crippen LogP contribution in [0.1, 0.15) is 25.8 Å². The molecule has 5 nitrogen and oxygen atoms in total. The zero-order chi connectivity index (χ0) is 14.3. The van der Waals surface area contributed by atoms with E-state index in [4.69, 9.17) is 4.74 Å². The van der Waals surface area contributed by atoms with Gasteiger partial charge in [-0.3, -0.25) is 0 Å². The van der Waals surface area contributed by atoms with E-state index in [1.165, 1.54) is 13.1 Å². The molecule has 0 saturated heterocycles. The zero-order valence-corrected chi connectivity index (χ0v) is 11.2. The molecule has 1 rings (SSSR count). The fourth-order valence-corrected chi connectivity index (χ4v) is 1.48. The van der Waals surface area contributed by atoms with Crippen molar-refractivity contribution in [3.05, 3.63) is 41.1 Å². The van der Waals surface area contributed by atoms with E-state index >= 15 is 0 Å². The molecular formula is C14H19NO4. The van der Waals surface area contributed by atoms with Crippen molar-refractivity contribution in [2.75, 3.05) is 6.61 Å². The third kappa shape index (κ3) is 5.09. The smallest absolute Gasteiger partial charge is 0.338 e. The highest BCUT2D eigenvalue weighted by Gasteiger charge is 2.32. The van der Waals surface area contributed by atoms with Crippen molar-refractivity contribution in [3.8, 4) is 0 Å². The molecule has 0 radical (unpaired) electrons. The van der Waals surface area contributed by atoms with Gasteiger partial charge in [-0.1, -0.05) is 30.3 Å². The van der Waals surface area contributed by atoms with E-state index in [2.05, 4.69) is 0 Å². The summed E-state index contributed by atoms with van der Waals surface area (Å²) in [6.07, 6.45) is 1.17. The van der Waals surface area contributed by atoms with Crippen LogP contribution in [-0.2, 0) is 16.1 Å². The van der Waals surface area contributed by atoms with Gasteiger partial charge in [-0.05, 0) is 13.8 Å². The number of nitrogens with zero attached hydrogens (tertiary/aromatic N) is 1. The Labute approximate surface area is 112 Å². The first-order valence-corrected chi connectivity index (χ1v) is 6.16. The molecule has 0 heterocycles. The fraction of sp³-hybridized carbons (Fsp3) is 0.429. The summed E-state index contributed by atoms with van der Waals surface area (Å²) in [7, 11) is 0. The number of esters is 1. The summed E-state index contributed by atoms with van der Waals surface area (Å²) in [5.41, 5.74) is -0.806. The maximum Gasteiger partial charge on any atom is 0.338 e. The van der Waals surface area contributed by atoms with Crippen molar-refractivity contribution < 1.29 is 19.4 Å². The summed E-state index contributed by atoms with van der Waals surface area (Å²) in [4.78, 5) is 11.4. The predicted molar refractivity (Wildman–Crippen MR) is 71.7 cm³/mol. The van der Waals surface area contributed by atoms with Crippen LogP contribution >= 0.6 is 0 Å². The van der Waals surface area contributed by atoms with Crippen molar-refractivity contribution in [1.82, 2.24) is 0 Å². The van der Waals surface area contributed by atoms with Crippen LogP contribution in [0, 0.1) is 5.21 Å². The van der Waals surface area contributed by atoms with E-state index in [9.17, 15) is 15.1 Å². The molecule has 0 fully saturated rings. The normalized spacial score (nSPS) is 14.8. The summed E-state index contributed by atoms with van der Waals surface area (Å²) >= 11 is 0. The first-order valence-electron chi connectivity index (χ1n) is 6.16. The van der Waals surface area contributed by atoms with E-state index < -0.39 is 11.6 Å². The number of ether oxygens (including phenoxy) is 1. The van der Waals surface area contributed by atoms with Gasteiger partial charge in [0.1, 0.15) is 0 Å². The first-order chi connectivity index (χ1) is 8.95. The molecule has 5 heteroatoms. The van der Waals surface area contributed by atoms with Crippen molar-refractivity contribution in [1.29, 1.82) is 0 Å². The van der Waals surface area contributed by atoms with Crippen LogP contribution in [0.5, 0.6) is 0 Å². The maximum absolute atomic E-state index is 11.6. The second kappa shape index (κ2) is 6.89. The van der Waals surface area contributed by atoms with Gasteiger partial charge in [0, 0.05) is 5.56 Å². The number of carbonyl (C=O) groups is 1. The Hall–Kier alpha value is -1.88. The summed E-state index contributed by atoms with van der Waals surface area (Å²) in [6.45, 7) is 3.37. The van der Waals surface area contributed by atoms with Crippen LogP contribution in [0.15, 0.2) is 30.3 Å². The van der Waals surface area contributed by atoms with Crippen LogP contribution in [0.2, 0.25) is 0 Å². The molecule has 1 N–H and O–H groups in total. The van der Waals surface area contributed by atoms with Crippen LogP contribution in [0.3, 0.4) is 0 Å². The molecule has 1 unspecified atom stereocenters. The molecule has 1 atom stereocenters. The number of rotatable bonds is 6. The average Bonchev–Trinajstić information content (AvgIpc) is 2.38. The van der Waals surface area contributed by atoms with Gasteiger partial charge in [0.2, 0.25) is 0 Å². The summed E-state index contributed by atoms with van der Waals surface area (Å²) in [6, 6.07) is 9.23. The SMILES string of the molecule is CCOC(=O)C(C)(O)C/C=[N+](\[O-])Cc1ccccc1. The van der Waals surface area contributed by atoms with Crippen molar-refractivity contribution in [2.45, 2.75) is 32.4 Å². The topological polar surface area (TPSA) is 72.6 Å². The predicted octanol–water partition coefficient (Wildman–Crippen LogP) is 1.47. The van der Waals surface area contributed by atoms with E-state index in [0.29, 0.717) is 4.74 Å². The van der Waals surface area contributed by atoms with Gasteiger partial charge in [-0.25, -0.2) is 9.53 Å². The Kier molecular flexibility index (Phi) is 5.51. The highest BCUT2D eigenvalue weighted by atomic mass is 16.5. The second-order valence-electron chi connectivity index (χ2n) is 4.44. The first kappa shape index (κ1) is 15.2. The lowest BCUT2D eigenvalue weighted by Crippen LogP contribution is -2.37. The van der Waals surface area contributed by atoms with Gasteiger partial charge in [-0.15, -0.1) is 0 Å². The minimum absolute atomic E-state index is 0.0812. The molecule has 19 heavy (non-hydrogen) atoms. The minimum atomic E-state index is -1.67. The molecule has 0 spiro atoms. The molecule has 0 saturated carbocycles. The number of hydrogen-bond acceptors (Lipinski definition) is 4. The Morgan fingerprint density at radius 2 is 2.11 bits per heavy atom. The molecule has 0 aliphatic rings. The quantitative estimate of drug-likeness (QED) is 0.278. The fourth-order valence-electron chi connectivity index (χ4n) is 1.48. The van der Waals surface area contributed by atoms with E-state index in [0.717, 1.165) is 5.56 Å². The minimum Gasteiger partial charge on any atom is -0.624 e. The largest absolute Gasteiger partial charge is 0.624 e. The van der Waals surface area contributed by atoms with Gasteiger partial charge in [-0.2, -0.15) is 0 Å². The number of aliphatic hydroxyl groups is 1. The summed E-state index contributed by atoms with van der Waals surface area (Å²) < 4.78 is 5.43. The molecule has 0 aliphatic carbocycles. The highest BCUT2D eigenvalue weighted by Crippen LogP contribution is 2.10. The third-order valence-electron chi connectivity index (χ3n) is 2.59. The molecule has 0 aromatic heterocycles. The van der Waals surface area contributed by atoms with Crippen molar-refractivity contribution >= 4 is 12.2 Å². The molecule has 104 valence electrons. The molecule has 1 aromatic rings. The average molecular weight is 265 g/mol. The van der Waals surface area contributed by atoms with Gasteiger partial charge in [0.05, 0.1) is 13.0 Å². The van der Waals surface area contributed by atoms with Gasteiger partial charge in [0.25, 0.3) is 0 Å². The van der Waals surface area contributed by atoms with Gasteiger partial charge >= 0.3 is 5.97 Å². The monoisotopic (exact) mass is 265 g/mol. The summed E-state index contributed by atoms with van der Waals surface area (Å²) in [5, 5.41) is 21.5. The van der Waals surface area contributed by atoms with Crippen molar-refractivity contribution in [3.63, 3.8) is 0 Å². The standard InChI is InChI=1S/C14H19NO4/c1-3-19-13(16)14(2,17)9-10-15(18)11-12-7-5-4-6-8-12/h4-8,10,17H,3,9,11H2,1-2H3/b15-10-. The van der Waals surface area contributed by atoms with Gasteiger partial charge < -0.3 is 15.1 Å². The Morgan fingerprint density at radius 1 is 1.47 bits per heavy atom. The Balaban J connectivity index is 2.58. The van der Waals surface area contributed by atoms with E-state index in [-0.39, 0.29) is 19.6 Å². The van der Waals surface area contributed by atoms with Crippen LogP contribution in [-0.4, -0.2) is 34.2 Å². The molecule has 0 bridgehead atoms. The number of hydrogen-bond donors (Lipinski definition) is 1. The maximum atomic E-state index is 11.6. The number of benzene rings is 1. The summed E-state index contributed by atoms with van der Waals surface area (Å²) in [5.74, 6) is -0.723. The molecule has 0 aliphatic heterocycles. The van der Waals surface area contributed by atoms with E-state index in [1.54, 1.807) is 6.92 Å². The van der Waals surface area contributed by atoms with Crippen LogP contribution in [0.4, 0.5) is 0 Å². The zero-order valence-electron chi connectivity index (χ0n) is 11.2. The lowest BCUT2D eigenvalue weighted by atomic mass is 10.0. The van der Waals surface area contributed by atoms with Crippen molar-refractivity contribution in [2.24, 2.45) is 0 Å². The third-order valence-corrected chi connectivity index (χ3v) is 2.59. The lowest BCUT2D eigenvalue weighted by molar-refractivity contribution is -0.471. The molecule has 1 aromatic carbocycles. The number of carbonyl (C=O) groups excluding carboxylic acids is 1. The van der Waals surface area contributed by atoms with Gasteiger partial charge in [0.15, 0.2) is 18.4 Å². The molecular weight excluding hydrogens is 246 g/mol. The molecule has 0 amide bonds. The number of hydroxylamine groups is 1. The van der Waals surface area contributed by atoms with Crippen LogP contribution < -0.4 is 0 Å². The Morgan fingerprint density at radius 3 is 2.68 bits per heavy atom. The van der Waals surface area contributed by atoms with Crippen LogP contribution in [0.25, 0.3) is 0 Å². The Bertz CT molecular complexity index is 440. The van der Waals surface area contributed by atoms with E-state index in [1.807, 2.05) is 30.3 Å². The highest BCUT2D eigenvalue weighted by molar-refractivity contribution is 5.81. The lowest BCUT2D eigenvalue weighted by Gasteiger charge is -2.18.